The van der Waals surface area contributed by atoms with Gasteiger partial charge in [0.25, 0.3) is 0 Å². The van der Waals surface area contributed by atoms with E-state index in [9.17, 15) is 14.0 Å². The Morgan fingerprint density at radius 2 is 1.93 bits per heavy atom. The lowest BCUT2D eigenvalue weighted by atomic mass is 9.97. The minimum Gasteiger partial charge on any atom is -0.496 e. The first-order valence-electron chi connectivity index (χ1n) is 10.0. The Morgan fingerprint density at radius 3 is 2.67 bits per heavy atom. The summed E-state index contributed by atoms with van der Waals surface area (Å²) in [6.07, 6.45) is 2.17. The molecule has 2 aromatic rings. The number of amides is 3. The number of hydrogen-bond acceptors (Lipinski definition) is 4. The molecule has 2 saturated heterocycles. The zero-order valence-electron chi connectivity index (χ0n) is 16.9. The summed E-state index contributed by atoms with van der Waals surface area (Å²) in [5, 5.41) is 4.30. The summed E-state index contributed by atoms with van der Waals surface area (Å²) in [5.74, 6) is 0.471. The Labute approximate surface area is 174 Å². The van der Waals surface area contributed by atoms with E-state index in [1.807, 2.05) is 29.2 Å². The third-order valence-electron chi connectivity index (χ3n) is 5.71. The average molecular weight is 412 g/mol. The van der Waals surface area contributed by atoms with E-state index in [1.54, 1.807) is 19.2 Å². The number of nitrogens with zero attached hydrogens (tertiary/aromatic N) is 2. The molecule has 2 aromatic carbocycles. The molecule has 3 amide bonds. The number of ether oxygens (including phenoxy) is 1. The minimum absolute atomic E-state index is 0.0852. The molecule has 0 bridgehead atoms. The van der Waals surface area contributed by atoms with E-state index in [0.29, 0.717) is 44.5 Å². The highest BCUT2D eigenvalue weighted by atomic mass is 19.1. The van der Waals surface area contributed by atoms with Gasteiger partial charge in [-0.3, -0.25) is 4.79 Å². The van der Waals surface area contributed by atoms with Crippen LogP contribution in [0.3, 0.4) is 0 Å². The molecule has 30 heavy (non-hydrogen) atoms. The van der Waals surface area contributed by atoms with E-state index < -0.39 is 11.5 Å². The second-order valence-electron chi connectivity index (χ2n) is 7.63. The first kappa shape index (κ1) is 20.2. The van der Waals surface area contributed by atoms with Crippen LogP contribution in [0.4, 0.5) is 14.9 Å². The fourth-order valence-electron chi connectivity index (χ4n) is 4.03. The molecule has 2 N–H and O–H groups in total. The van der Waals surface area contributed by atoms with Crippen LogP contribution in [0.5, 0.6) is 5.75 Å². The highest BCUT2D eigenvalue weighted by Crippen LogP contribution is 2.28. The van der Waals surface area contributed by atoms with Gasteiger partial charge in [-0.2, -0.15) is 0 Å². The summed E-state index contributed by atoms with van der Waals surface area (Å²) >= 11 is 0. The van der Waals surface area contributed by atoms with Crippen molar-refractivity contribution in [2.24, 2.45) is 0 Å². The summed E-state index contributed by atoms with van der Waals surface area (Å²) in [7, 11) is 1.63. The van der Waals surface area contributed by atoms with Crippen molar-refractivity contribution in [1.82, 2.24) is 15.6 Å². The molecular formula is C22H25FN4O3. The van der Waals surface area contributed by atoms with Crippen molar-refractivity contribution in [1.29, 1.82) is 0 Å². The zero-order chi connectivity index (χ0) is 21.1. The smallest absolute Gasteiger partial charge is 0.338 e. The number of urea groups is 1. The second-order valence-corrected chi connectivity index (χ2v) is 7.63. The molecule has 158 valence electrons. The number of halogens is 1. The number of likely N-dealkylation sites (tertiary alicyclic amines) is 1. The molecule has 0 unspecified atom stereocenters. The highest BCUT2D eigenvalue weighted by molar-refractivity contribution is 5.93. The van der Waals surface area contributed by atoms with Gasteiger partial charge in [-0.15, -0.1) is 0 Å². The number of piperidine rings is 1. The Balaban J connectivity index is 1.33. The molecule has 2 aliphatic rings. The SMILES string of the molecule is COc1ccccc1CCC(=O)N1CCC2(CC1)NC(=O)N(c1cccc(F)c1)N2. The van der Waals surface area contributed by atoms with Gasteiger partial charge in [0, 0.05) is 32.4 Å². The van der Waals surface area contributed by atoms with E-state index >= 15 is 0 Å². The lowest BCUT2D eigenvalue weighted by Gasteiger charge is -2.39. The second kappa shape index (κ2) is 8.31. The molecule has 1 spiro atoms. The topological polar surface area (TPSA) is 73.9 Å². The molecule has 0 atom stereocenters. The maximum absolute atomic E-state index is 13.5. The molecule has 2 aliphatic heterocycles. The van der Waals surface area contributed by atoms with Crippen molar-refractivity contribution in [3.8, 4) is 5.75 Å². The van der Waals surface area contributed by atoms with Gasteiger partial charge < -0.3 is 15.0 Å². The van der Waals surface area contributed by atoms with E-state index in [2.05, 4.69) is 10.7 Å². The van der Waals surface area contributed by atoms with Crippen molar-refractivity contribution in [3.63, 3.8) is 0 Å². The van der Waals surface area contributed by atoms with E-state index in [0.717, 1.165) is 11.3 Å². The maximum Gasteiger partial charge on any atom is 0.338 e. The van der Waals surface area contributed by atoms with Crippen molar-refractivity contribution in [3.05, 3.63) is 59.9 Å². The van der Waals surface area contributed by atoms with Crippen LogP contribution in [-0.2, 0) is 11.2 Å². The number of anilines is 1. The summed E-state index contributed by atoms with van der Waals surface area (Å²) < 4.78 is 18.9. The Bertz CT molecular complexity index is 943. The van der Waals surface area contributed by atoms with Crippen molar-refractivity contribution < 1.29 is 18.7 Å². The summed E-state index contributed by atoms with van der Waals surface area (Å²) in [6, 6.07) is 13.3. The zero-order valence-corrected chi connectivity index (χ0v) is 16.9. The molecule has 7 nitrogen and oxygen atoms in total. The standard InChI is InChI=1S/C22H25FN4O3/c1-30-19-8-3-2-5-16(19)9-10-20(28)26-13-11-22(12-14-26)24-21(29)27(25-22)18-7-4-6-17(23)15-18/h2-8,15,25H,9-14H2,1H3,(H,24,29). The number of benzene rings is 2. The number of methoxy groups -OCH3 is 1. The number of hydrazine groups is 1. The normalized spacial score (nSPS) is 17.9. The predicted octanol–water partition coefficient (Wildman–Crippen LogP) is 2.82. The summed E-state index contributed by atoms with van der Waals surface area (Å²) in [4.78, 5) is 27.0. The molecule has 0 radical (unpaired) electrons. The van der Waals surface area contributed by atoms with Crippen LogP contribution in [0, 0.1) is 5.82 Å². The summed E-state index contributed by atoms with van der Waals surface area (Å²) in [5.41, 5.74) is 4.02. The van der Waals surface area contributed by atoms with Gasteiger partial charge in [0.15, 0.2) is 0 Å². The van der Waals surface area contributed by atoms with Crippen LogP contribution in [0.15, 0.2) is 48.5 Å². The van der Waals surface area contributed by atoms with Gasteiger partial charge in [0.2, 0.25) is 5.91 Å². The molecule has 4 rings (SSSR count). The van der Waals surface area contributed by atoms with Crippen molar-refractivity contribution >= 4 is 17.6 Å². The minimum atomic E-state index is -0.622. The monoisotopic (exact) mass is 412 g/mol. The van der Waals surface area contributed by atoms with E-state index in [4.69, 9.17) is 4.74 Å². The van der Waals surface area contributed by atoms with Crippen LogP contribution < -0.4 is 20.5 Å². The van der Waals surface area contributed by atoms with Gasteiger partial charge in [0.1, 0.15) is 17.2 Å². The largest absolute Gasteiger partial charge is 0.496 e. The number of carbonyl (C=O) groups excluding carboxylic acids is 2. The molecule has 2 heterocycles. The lowest BCUT2D eigenvalue weighted by Crippen LogP contribution is -2.58. The quantitative estimate of drug-likeness (QED) is 0.792. The molecule has 0 aliphatic carbocycles. The van der Waals surface area contributed by atoms with Gasteiger partial charge in [-0.1, -0.05) is 24.3 Å². The number of hydrogen-bond donors (Lipinski definition) is 2. The molecule has 0 saturated carbocycles. The third-order valence-corrected chi connectivity index (χ3v) is 5.71. The summed E-state index contributed by atoms with van der Waals surface area (Å²) in [6.45, 7) is 1.07. The third kappa shape index (κ3) is 4.09. The van der Waals surface area contributed by atoms with Crippen molar-refractivity contribution in [2.45, 2.75) is 31.3 Å². The first-order valence-corrected chi connectivity index (χ1v) is 10.0. The van der Waals surface area contributed by atoms with Crippen LogP contribution in [-0.4, -0.2) is 42.7 Å². The number of carbonyl (C=O) groups is 2. The van der Waals surface area contributed by atoms with E-state index in [-0.39, 0.29) is 11.9 Å². The fraction of sp³-hybridized carbons (Fsp3) is 0.364. The Kier molecular flexibility index (Phi) is 5.59. The average Bonchev–Trinajstić information content (AvgIpc) is 3.08. The fourth-order valence-corrected chi connectivity index (χ4v) is 4.03. The van der Waals surface area contributed by atoms with Gasteiger partial charge in [-0.25, -0.2) is 19.6 Å². The number of aryl methyl sites for hydroxylation is 1. The predicted molar refractivity (Wildman–Crippen MR) is 110 cm³/mol. The van der Waals surface area contributed by atoms with Crippen molar-refractivity contribution in [2.75, 3.05) is 25.2 Å². The number of rotatable bonds is 5. The van der Waals surface area contributed by atoms with Gasteiger partial charge in [-0.05, 0) is 36.2 Å². The molecular weight excluding hydrogens is 387 g/mol. The van der Waals surface area contributed by atoms with Crippen LogP contribution in [0.2, 0.25) is 0 Å². The highest BCUT2D eigenvalue weighted by Gasteiger charge is 2.45. The molecule has 2 fully saturated rings. The van der Waals surface area contributed by atoms with Crippen LogP contribution in [0.25, 0.3) is 0 Å². The molecule has 8 heteroatoms. The number of para-hydroxylation sites is 1. The lowest BCUT2D eigenvalue weighted by molar-refractivity contribution is -0.132. The Hall–Kier alpha value is -3.13. The van der Waals surface area contributed by atoms with Crippen LogP contribution in [0.1, 0.15) is 24.8 Å². The number of nitrogens with one attached hydrogen (secondary N) is 2. The van der Waals surface area contributed by atoms with Crippen LogP contribution >= 0.6 is 0 Å². The first-order chi connectivity index (χ1) is 14.5. The maximum atomic E-state index is 13.5. The van der Waals surface area contributed by atoms with Gasteiger partial charge in [0.05, 0.1) is 12.8 Å². The molecule has 0 aromatic heterocycles. The Morgan fingerprint density at radius 1 is 1.17 bits per heavy atom. The van der Waals surface area contributed by atoms with Gasteiger partial charge >= 0.3 is 6.03 Å². The van der Waals surface area contributed by atoms with E-state index in [1.165, 1.54) is 17.1 Å².